The van der Waals surface area contributed by atoms with Gasteiger partial charge in [0, 0.05) is 11.8 Å². The topological polar surface area (TPSA) is 96.9 Å². The van der Waals surface area contributed by atoms with E-state index in [0.29, 0.717) is 23.1 Å². The Bertz CT molecular complexity index is 494. The Morgan fingerprint density at radius 1 is 1.52 bits per heavy atom. The molecule has 116 valence electrons. The van der Waals surface area contributed by atoms with Gasteiger partial charge in [-0.15, -0.1) is 0 Å². The second-order valence-corrected chi connectivity index (χ2v) is 5.73. The van der Waals surface area contributed by atoms with E-state index in [1.54, 1.807) is 36.0 Å². The first-order chi connectivity index (χ1) is 10.1. The smallest absolute Gasteiger partial charge is 0.257 e. The Balaban J connectivity index is 2.47. The summed E-state index contributed by atoms with van der Waals surface area (Å²) in [6.07, 6.45) is 2.95. The summed E-state index contributed by atoms with van der Waals surface area (Å²) in [5, 5.41) is 14.9. The molecule has 21 heavy (non-hydrogen) atoms. The lowest BCUT2D eigenvalue weighted by atomic mass is 10.2. The van der Waals surface area contributed by atoms with E-state index in [-0.39, 0.29) is 18.3 Å². The van der Waals surface area contributed by atoms with Crippen LogP contribution in [0.2, 0.25) is 0 Å². The molecule has 1 rings (SSSR count). The number of amidine groups is 1. The van der Waals surface area contributed by atoms with Crippen LogP contribution < -0.4 is 15.8 Å². The van der Waals surface area contributed by atoms with E-state index in [4.69, 9.17) is 15.7 Å². The van der Waals surface area contributed by atoms with E-state index in [9.17, 15) is 4.79 Å². The van der Waals surface area contributed by atoms with Crippen molar-refractivity contribution in [1.82, 2.24) is 5.32 Å². The quantitative estimate of drug-likeness (QED) is 0.292. The number of benzene rings is 1. The van der Waals surface area contributed by atoms with E-state index >= 15 is 0 Å². The highest BCUT2D eigenvalue weighted by Gasteiger charge is 2.09. The molecule has 0 aliphatic heterocycles. The Morgan fingerprint density at radius 2 is 2.24 bits per heavy atom. The Hall–Kier alpha value is -1.89. The van der Waals surface area contributed by atoms with Crippen molar-refractivity contribution in [3.63, 3.8) is 0 Å². The van der Waals surface area contributed by atoms with Crippen molar-refractivity contribution in [2.24, 2.45) is 10.9 Å². The van der Waals surface area contributed by atoms with Crippen molar-refractivity contribution in [2.75, 3.05) is 19.4 Å². The number of ether oxygens (including phenoxy) is 1. The van der Waals surface area contributed by atoms with Gasteiger partial charge in [0.25, 0.3) is 5.91 Å². The number of carbonyl (C=O) groups excluding carboxylic acids is 1. The number of amides is 1. The summed E-state index contributed by atoms with van der Waals surface area (Å²) in [6, 6.07) is 6.81. The van der Waals surface area contributed by atoms with Gasteiger partial charge in [-0.05, 0) is 24.8 Å². The minimum atomic E-state index is -0.197. The zero-order chi connectivity index (χ0) is 15.7. The molecular weight excluding hydrogens is 290 g/mol. The average Bonchev–Trinajstić information content (AvgIpc) is 2.52. The minimum Gasteiger partial charge on any atom is -0.483 e. The van der Waals surface area contributed by atoms with Crippen molar-refractivity contribution in [1.29, 1.82) is 0 Å². The minimum absolute atomic E-state index is 0.0557. The number of rotatable bonds is 8. The van der Waals surface area contributed by atoms with Crippen LogP contribution in [0.1, 0.15) is 18.9 Å². The maximum absolute atomic E-state index is 11.7. The van der Waals surface area contributed by atoms with Gasteiger partial charge in [0.1, 0.15) is 5.75 Å². The lowest BCUT2D eigenvalue weighted by Crippen LogP contribution is -2.31. The summed E-state index contributed by atoms with van der Waals surface area (Å²) < 4.78 is 5.42. The predicted octanol–water partition coefficient (Wildman–Crippen LogP) is 1.42. The number of nitrogens with two attached hydrogens (primary N) is 1. The number of hydrogen-bond acceptors (Lipinski definition) is 5. The number of hydrogen-bond donors (Lipinski definition) is 3. The summed E-state index contributed by atoms with van der Waals surface area (Å²) >= 11 is 1.76. The van der Waals surface area contributed by atoms with Gasteiger partial charge in [0.05, 0.1) is 5.56 Å². The van der Waals surface area contributed by atoms with Crippen LogP contribution in [0.5, 0.6) is 5.75 Å². The summed E-state index contributed by atoms with van der Waals surface area (Å²) in [6.45, 7) is 2.62. The molecule has 0 saturated heterocycles. The van der Waals surface area contributed by atoms with Gasteiger partial charge in [0.15, 0.2) is 12.4 Å². The molecule has 7 heteroatoms. The summed E-state index contributed by atoms with van der Waals surface area (Å²) in [4.78, 5) is 11.7. The molecular formula is C14H21N3O3S. The molecule has 0 saturated carbocycles. The van der Waals surface area contributed by atoms with E-state index < -0.39 is 0 Å². The molecule has 0 spiro atoms. The van der Waals surface area contributed by atoms with Crippen LogP contribution >= 0.6 is 11.8 Å². The molecule has 4 N–H and O–H groups in total. The Labute approximate surface area is 128 Å². The van der Waals surface area contributed by atoms with Crippen molar-refractivity contribution >= 4 is 23.5 Å². The van der Waals surface area contributed by atoms with Crippen molar-refractivity contribution in [3.05, 3.63) is 29.8 Å². The van der Waals surface area contributed by atoms with Gasteiger partial charge in [-0.3, -0.25) is 4.79 Å². The SMILES string of the molecule is CSC(C)CCNC(=O)COc1ccccc1/C(N)=N/O. The van der Waals surface area contributed by atoms with E-state index in [2.05, 4.69) is 17.4 Å². The first-order valence-electron chi connectivity index (χ1n) is 6.57. The van der Waals surface area contributed by atoms with Crippen LogP contribution in [0.25, 0.3) is 0 Å². The third-order valence-electron chi connectivity index (χ3n) is 2.90. The fourth-order valence-corrected chi connectivity index (χ4v) is 1.94. The molecule has 1 aromatic rings. The molecule has 0 bridgehead atoms. The van der Waals surface area contributed by atoms with Gasteiger partial charge in [-0.1, -0.05) is 24.2 Å². The fraction of sp³-hybridized carbons (Fsp3) is 0.429. The first-order valence-corrected chi connectivity index (χ1v) is 7.86. The monoisotopic (exact) mass is 311 g/mol. The fourth-order valence-electron chi connectivity index (χ4n) is 1.59. The largest absolute Gasteiger partial charge is 0.483 e. The molecule has 0 aliphatic carbocycles. The highest BCUT2D eigenvalue weighted by molar-refractivity contribution is 7.99. The lowest BCUT2D eigenvalue weighted by molar-refractivity contribution is -0.123. The molecule has 0 aliphatic rings. The zero-order valence-corrected chi connectivity index (χ0v) is 13.0. The van der Waals surface area contributed by atoms with Crippen molar-refractivity contribution in [2.45, 2.75) is 18.6 Å². The normalized spacial score (nSPS) is 12.8. The van der Waals surface area contributed by atoms with Crippen molar-refractivity contribution < 1.29 is 14.7 Å². The molecule has 1 atom stereocenters. The zero-order valence-electron chi connectivity index (χ0n) is 12.2. The number of carbonyl (C=O) groups is 1. The summed E-state index contributed by atoms with van der Waals surface area (Å²) in [5.41, 5.74) is 6.00. The average molecular weight is 311 g/mol. The molecule has 1 amide bonds. The van der Waals surface area contributed by atoms with E-state index in [1.165, 1.54) is 0 Å². The number of nitrogens with zero attached hydrogens (tertiary/aromatic N) is 1. The highest BCUT2D eigenvalue weighted by Crippen LogP contribution is 2.17. The van der Waals surface area contributed by atoms with Crippen LogP contribution in [0.15, 0.2) is 29.4 Å². The van der Waals surface area contributed by atoms with Crippen molar-refractivity contribution in [3.8, 4) is 5.75 Å². The van der Waals surface area contributed by atoms with Crippen LogP contribution in [0, 0.1) is 0 Å². The lowest BCUT2D eigenvalue weighted by Gasteiger charge is -2.12. The Kier molecular flexibility index (Phi) is 7.45. The second kappa shape index (κ2) is 9.12. The maximum atomic E-state index is 11.7. The molecule has 0 aromatic heterocycles. The standard InChI is InChI=1S/C14H21N3O3S/c1-10(21-2)7-8-16-13(18)9-20-12-6-4-3-5-11(12)14(15)17-19/h3-6,10,19H,7-9H2,1-2H3,(H2,15,17)(H,16,18). The van der Waals surface area contributed by atoms with Gasteiger partial charge in [-0.2, -0.15) is 11.8 Å². The van der Waals surface area contributed by atoms with Crippen LogP contribution in [-0.4, -0.2) is 41.6 Å². The number of oxime groups is 1. The highest BCUT2D eigenvalue weighted by atomic mass is 32.2. The molecule has 1 aromatic carbocycles. The third-order valence-corrected chi connectivity index (χ3v) is 3.95. The van der Waals surface area contributed by atoms with Crippen LogP contribution in [0.3, 0.4) is 0 Å². The summed E-state index contributed by atoms with van der Waals surface area (Å²) in [7, 11) is 0. The molecule has 1 unspecified atom stereocenters. The molecule has 6 nitrogen and oxygen atoms in total. The van der Waals surface area contributed by atoms with Gasteiger partial charge < -0.3 is 21.0 Å². The van der Waals surface area contributed by atoms with Gasteiger partial charge in [-0.25, -0.2) is 0 Å². The van der Waals surface area contributed by atoms with E-state index in [0.717, 1.165) is 6.42 Å². The van der Waals surface area contributed by atoms with E-state index in [1.807, 2.05) is 6.26 Å². The third kappa shape index (κ3) is 5.95. The number of nitrogens with one attached hydrogen (secondary N) is 1. The summed E-state index contributed by atoms with van der Waals surface area (Å²) in [5.74, 6) is 0.151. The maximum Gasteiger partial charge on any atom is 0.257 e. The number of thioether (sulfide) groups is 1. The van der Waals surface area contributed by atoms with Gasteiger partial charge in [0.2, 0.25) is 0 Å². The van der Waals surface area contributed by atoms with Gasteiger partial charge >= 0.3 is 0 Å². The Morgan fingerprint density at radius 3 is 2.90 bits per heavy atom. The number of para-hydroxylation sites is 1. The predicted molar refractivity (Wildman–Crippen MR) is 85.1 cm³/mol. The van der Waals surface area contributed by atoms with Crippen LogP contribution in [0.4, 0.5) is 0 Å². The second-order valence-electron chi connectivity index (χ2n) is 4.46. The van der Waals surface area contributed by atoms with Crippen LogP contribution in [-0.2, 0) is 4.79 Å². The molecule has 0 fully saturated rings. The molecule has 0 heterocycles. The first kappa shape index (κ1) is 17.2. The molecule has 0 radical (unpaired) electrons.